The highest BCUT2D eigenvalue weighted by atomic mass is 16.6. The van der Waals surface area contributed by atoms with Crippen molar-refractivity contribution < 1.29 is 28.6 Å². The first-order valence-electron chi connectivity index (χ1n) is 36.1. The molecule has 0 saturated heterocycles. The van der Waals surface area contributed by atoms with Gasteiger partial charge in [-0.1, -0.05) is 337 Å². The second-order valence-electron chi connectivity index (χ2n) is 24.1. The van der Waals surface area contributed by atoms with Gasteiger partial charge in [-0.15, -0.1) is 0 Å². The molecule has 0 bridgehead atoms. The average Bonchev–Trinajstić information content (AvgIpc) is 3.49. The van der Waals surface area contributed by atoms with Crippen molar-refractivity contribution in [1.82, 2.24) is 0 Å². The van der Waals surface area contributed by atoms with E-state index in [1.165, 1.54) is 231 Å². The highest BCUT2D eigenvalue weighted by molar-refractivity contribution is 5.71. The van der Waals surface area contributed by atoms with Gasteiger partial charge in [0.2, 0.25) is 0 Å². The van der Waals surface area contributed by atoms with E-state index in [0.717, 1.165) is 89.9 Å². The summed E-state index contributed by atoms with van der Waals surface area (Å²) in [5.41, 5.74) is 0. The van der Waals surface area contributed by atoms with Gasteiger partial charge in [0.05, 0.1) is 0 Å². The smallest absolute Gasteiger partial charge is 0.306 e. The Kier molecular flexibility index (Phi) is 68.2. The van der Waals surface area contributed by atoms with Crippen LogP contribution in [0.5, 0.6) is 0 Å². The van der Waals surface area contributed by atoms with Crippen LogP contribution < -0.4 is 0 Å². The van der Waals surface area contributed by atoms with E-state index in [-0.39, 0.29) is 37.5 Å². The van der Waals surface area contributed by atoms with E-state index in [1.54, 1.807) is 0 Å². The van der Waals surface area contributed by atoms with E-state index in [0.29, 0.717) is 19.3 Å². The van der Waals surface area contributed by atoms with Crippen molar-refractivity contribution in [2.45, 2.75) is 374 Å². The zero-order valence-corrected chi connectivity index (χ0v) is 55.2. The Hall–Kier alpha value is -3.41. The molecule has 0 aromatic rings. The van der Waals surface area contributed by atoms with E-state index < -0.39 is 6.10 Å². The van der Waals surface area contributed by atoms with Crippen molar-refractivity contribution in [3.63, 3.8) is 0 Å². The van der Waals surface area contributed by atoms with E-state index in [9.17, 15) is 14.4 Å². The first-order chi connectivity index (χ1) is 41.0. The molecular formula is C77H136O6. The normalized spacial score (nSPS) is 12.6. The Labute approximate surface area is 515 Å². The molecule has 0 rings (SSSR count). The number of carbonyl (C=O) groups excluding carboxylic acids is 3. The second-order valence-corrected chi connectivity index (χ2v) is 24.1. The number of hydrogen-bond donors (Lipinski definition) is 0. The van der Waals surface area contributed by atoms with Crippen molar-refractivity contribution in [3.05, 3.63) is 85.1 Å². The zero-order valence-electron chi connectivity index (χ0n) is 55.2. The van der Waals surface area contributed by atoms with E-state index >= 15 is 0 Å². The Balaban J connectivity index is 4.31. The largest absolute Gasteiger partial charge is 0.462 e. The average molecular weight is 1160 g/mol. The molecule has 0 fully saturated rings. The quantitative estimate of drug-likeness (QED) is 0.0261. The summed E-state index contributed by atoms with van der Waals surface area (Å²) in [6.45, 7) is 6.55. The molecule has 0 aliphatic carbocycles. The maximum absolute atomic E-state index is 12.9. The summed E-state index contributed by atoms with van der Waals surface area (Å²) in [6.07, 6.45) is 94.8. The Bertz CT molecular complexity index is 1570. The lowest BCUT2D eigenvalue weighted by atomic mass is 10.0. The lowest BCUT2D eigenvalue weighted by Gasteiger charge is -2.18. The van der Waals surface area contributed by atoms with Crippen LogP contribution >= 0.6 is 0 Å². The number of ether oxygens (including phenoxy) is 3. The fourth-order valence-electron chi connectivity index (χ4n) is 10.5. The van der Waals surface area contributed by atoms with Gasteiger partial charge in [-0.25, -0.2) is 0 Å². The van der Waals surface area contributed by atoms with Crippen molar-refractivity contribution in [2.24, 2.45) is 0 Å². The predicted octanol–water partition coefficient (Wildman–Crippen LogP) is 25.0. The maximum Gasteiger partial charge on any atom is 0.306 e. The lowest BCUT2D eigenvalue weighted by Crippen LogP contribution is -2.30. The predicted molar refractivity (Wildman–Crippen MR) is 362 cm³/mol. The molecule has 83 heavy (non-hydrogen) atoms. The van der Waals surface area contributed by atoms with Gasteiger partial charge in [0.25, 0.3) is 0 Å². The highest BCUT2D eigenvalue weighted by Gasteiger charge is 2.19. The van der Waals surface area contributed by atoms with Crippen LogP contribution in [0.1, 0.15) is 367 Å². The first kappa shape index (κ1) is 79.6. The molecule has 480 valence electrons. The second kappa shape index (κ2) is 71.1. The summed E-state index contributed by atoms with van der Waals surface area (Å²) in [7, 11) is 0. The van der Waals surface area contributed by atoms with E-state index in [4.69, 9.17) is 14.2 Å². The molecule has 6 heteroatoms. The van der Waals surface area contributed by atoms with Crippen LogP contribution in [0, 0.1) is 0 Å². The summed E-state index contributed by atoms with van der Waals surface area (Å²) in [5.74, 6) is -0.913. The van der Waals surface area contributed by atoms with Gasteiger partial charge in [0.15, 0.2) is 6.10 Å². The lowest BCUT2D eigenvalue weighted by molar-refractivity contribution is -0.167. The fourth-order valence-corrected chi connectivity index (χ4v) is 10.5. The van der Waals surface area contributed by atoms with Crippen LogP contribution in [-0.4, -0.2) is 37.2 Å². The molecule has 0 aliphatic heterocycles. The highest BCUT2D eigenvalue weighted by Crippen LogP contribution is 2.18. The molecule has 0 saturated carbocycles. The summed E-state index contributed by atoms with van der Waals surface area (Å²) < 4.78 is 17.0. The number of allylic oxidation sites excluding steroid dienone is 14. The third-order valence-corrected chi connectivity index (χ3v) is 15.9. The van der Waals surface area contributed by atoms with Crippen LogP contribution in [0.3, 0.4) is 0 Å². The fraction of sp³-hybridized carbons (Fsp3) is 0.779. The molecule has 0 aliphatic rings. The van der Waals surface area contributed by atoms with Gasteiger partial charge in [0.1, 0.15) is 13.2 Å². The van der Waals surface area contributed by atoms with Crippen LogP contribution in [-0.2, 0) is 28.6 Å². The van der Waals surface area contributed by atoms with Crippen molar-refractivity contribution >= 4 is 17.9 Å². The standard InChI is InChI=1S/C77H136O6/c1-4-7-10-13-16-19-22-25-28-30-32-34-35-36-37-38-39-40-41-43-44-46-49-52-55-58-61-64-67-70-76(79)82-73-74(72-81-75(78)69-66-63-60-57-54-51-48-27-24-21-18-15-12-9-6-3)83-77(80)71-68-65-62-59-56-53-50-47-45-42-33-31-29-26-23-20-17-14-11-8-5-2/h8,11,17,20,26,29-30,32-33,42,47,50,56,59,74H,4-7,9-10,12-16,18-19,21-25,27-28,31,34-41,43-46,48-49,51-55,57-58,60-73H2,1-3H3/b11-8-,20-17-,29-26-,32-30-,42-33-,50-47-,59-56-. The molecule has 0 aromatic carbocycles. The maximum atomic E-state index is 12.9. The first-order valence-corrected chi connectivity index (χ1v) is 36.1. The van der Waals surface area contributed by atoms with Gasteiger partial charge in [-0.05, 0) is 96.3 Å². The van der Waals surface area contributed by atoms with Crippen LogP contribution in [0.2, 0.25) is 0 Å². The summed E-state index contributed by atoms with van der Waals surface area (Å²) in [5, 5.41) is 0. The minimum Gasteiger partial charge on any atom is -0.462 e. The van der Waals surface area contributed by atoms with Crippen LogP contribution in [0.15, 0.2) is 85.1 Å². The Morgan fingerprint density at radius 1 is 0.253 bits per heavy atom. The molecule has 1 unspecified atom stereocenters. The topological polar surface area (TPSA) is 78.9 Å². The monoisotopic (exact) mass is 1160 g/mol. The number of rotatable bonds is 66. The molecule has 0 radical (unpaired) electrons. The Morgan fingerprint density at radius 2 is 0.470 bits per heavy atom. The molecular weight excluding hydrogens is 1020 g/mol. The van der Waals surface area contributed by atoms with Crippen molar-refractivity contribution in [3.8, 4) is 0 Å². The molecule has 0 heterocycles. The van der Waals surface area contributed by atoms with Gasteiger partial charge in [-0.2, -0.15) is 0 Å². The number of unbranched alkanes of at least 4 members (excludes halogenated alkanes) is 41. The van der Waals surface area contributed by atoms with Crippen molar-refractivity contribution in [1.29, 1.82) is 0 Å². The third kappa shape index (κ3) is 69.3. The Morgan fingerprint density at radius 3 is 0.771 bits per heavy atom. The third-order valence-electron chi connectivity index (χ3n) is 15.9. The molecule has 0 N–H and O–H groups in total. The number of esters is 3. The number of hydrogen-bond acceptors (Lipinski definition) is 6. The SMILES string of the molecule is CC/C=C\C/C=C\C/C=C\C/C=C\C/C=C\C/C=C\CCCCC(=O)OC(COC(=O)CCCCCCCCCCCCCCCCC)COC(=O)CCCCCCCCCCCCCCCCCCC/C=C\CCCCCCCCCC. The van der Waals surface area contributed by atoms with Gasteiger partial charge >= 0.3 is 17.9 Å². The molecule has 1 atom stereocenters. The zero-order chi connectivity index (χ0) is 59.9. The molecule has 0 amide bonds. The minimum absolute atomic E-state index is 0.0901. The summed E-state index contributed by atoms with van der Waals surface area (Å²) in [4.78, 5) is 38.4. The summed E-state index contributed by atoms with van der Waals surface area (Å²) >= 11 is 0. The van der Waals surface area contributed by atoms with E-state index in [2.05, 4.69) is 106 Å². The summed E-state index contributed by atoms with van der Waals surface area (Å²) in [6, 6.07) is 0. The molecule has 0 spiro atoms. The van der Waals surface area contributed by atoms with Crippen LogP contribution in [0.25, 0.3) is 0 Å². The van der Waals surface area contributed by atoms with Gasteiger partial charge < -0.3 is 14.2 Å². The van der Waals surface area contributed by atoms with Gasteiger partial charge in [0, 0.05) is 19.3 Å². The van der Waals surface area contributed by atoms with Crippen molar-refractivity contribution in [2.75, 3.05) is 13.2 Å². The molecule has 0 aromatic heterocycles. The van der Waals surface area contributed by atoms with Crippen LogP contribution in [0.4, 0.5) is 0 Å². The minimum atomic E-state index is -0.799. The van der Waals surface area contributed by atoms with E-state index in [1.807, 2.05) is 0 Å². The van der Waals surface area contributed by atoms with Gasteiger partial charge in [-0.3, -0.25) is 14.4 Å². The number of carbonyl (C=O) groups is 3. The molecule has 6 nitrogen and oxygen atoms in total.